The normalized spacial score (nSPS) is 10.6. The summed E-state index contributed by atoms with van der Waals surface area (Å²) in [6.07, 6.45) is 4.04. The molecule has 1 heterocycles. The minimum absolute atomic E-state index is 0.00261. The summed E-state index contributed by atoms with van der Waals surface area (Å²) in [5.41, 5.74) is 2.07. The number of nitrogens with zero attached hydrogens (tertiary/aromatic N) is 2. The first-order valence-corrected chi connectivity index (χ1v) is 6.39. The summed E-state index contributed by atoms with van der Waals surface area (Å²) in [5.74, 6) is 0.316. The largest absolute Gasteiger partial charge is 0.484 e. The van der Waals surface area contributed by atoms with E-state index in [9.17, 15) is 10.1 Å². The van der Waals surface area contributed by atoms with Gasteiger partial charge in [0, 0.05) is 18.5 Å². The molecule has 20 heavy (non-hydrogen) atoms. The fourth-order valence-corrected chi connectivity index (χ4v) is 1.90. The Kier molecular flexibility index (Phi) is 4.30. The van der Waals surface area contributed by atoms with Crippen LogP contribution >= 0.6 is 0 Å². The number of hydrogen-bond donors (Lipinski definition) is 0. The van der Waals surface area contributed by atoms with Crippen molar-refractivity contribution in [2.75, 3.05) is 0 Å². The van der Waals surface area contributed by atoms with Crippen LogP contribution in [0.1, 0.15) is 25.0 Å². The van der Waals surface area contributed by atoms with Crippen LogP contribution in [0.2, 0.25) is 0 Å². The Bertz CT molecular complexity index is 597. The molecule has 1 aromatic heterocycles. The molecule has 0 aliphatic heterocycles. The zero-order valence-corrected chi connectivity index (χ0v) is 11.4. The van der Waals surface area contributed by atoms with E-state index in [1.54, 1.807) is 24.5 Å². The number of hydrogen-bond acceptors (Lipinski definition) is 4. The Hall–Kier alpha value is -2.43. The zero-order chi connectivity index (χ0) is 14.5. The number of nitro groups is 1. The van der Waals surface area contributed by atoms with Crippen molar-refractivity contribution in [2.45, 2.75) is 26.4 Å². The molecule has 0 spiro atoms. The summed E-state index contributed by atoms with van der Waals surface area (Å²) in [6, 6.07) is 8.83. The second kappa shape index (κ2) is 6.14. The average molecular weight is 272 g/mol. The molecule has 0 amide bonds. The zero-order valence-electron chi connectivity index (χ0n) is 11.4. The Labute approximate surface area is 117 Å². The van der Waals surface area contributed by atoms with Crippen LogP contribution in [-0.4, -0.2) is 16.0 Å². The van der Waals surface area contributed by atoms with Gasteiger partial charge in [-0.15, -0.1) is 0 Å². The molecule has 0 fully saturated rings. The molecule has 0 radical (unpaired) electrons. The van der Waals surface area contributed by atoms with Gasteiger partial charge in [-0.2, -0.15) is 0 Å². The van der Waals surface area contributed by atoms with Crippen LogP contribution in [0.3, 0.4) is 0 Å². The molecule has 0 aliphatic rings. The molecule has 0 saturated heterocycles. The second-order valence-corrected chi connectivity index (χ2v) is 4.76. The van der Waals surface area contributed by atoms with Gasteiger partial charge in [0.1, 0.15) is 0 Å². The Balaban J connectivity index is 2.29. The topological polar surface area (TPSA) is 65.3 Å². The molecule has 0 bridgehead atoms. The van der Waals surface area contributed by atoms with Gasteiger partial charge in [0.05, 0.1) is 11.0 Å². The van der Waals surface area contributed by atoms with Crippen molar-refractivity contribution in [1.29, 1.82) is 0 Å². The summed E-state index contributed by atoms with van der Waals surface area (Å²) >= 11 is 0. The molecule has 2 rings (SSSR count). The van der Waals surface area contributed by atoms with E-state index in [-0.39, 0.29) is 11.8 Å². The summed E-state index contributed by atoms with van der Waals surface area (Å²) in [5, 5.41) is 11.0. The Morgan fingerprint density at radius 1 is 1.20 bits per heavy atom. The van der Waals surface area contributed by atoms with E-state index in [0.717, 1.165) is 11.1 Å². The van der Waals surface area contributed by atoms with Crippen molar-refractivity contribution in [3.8, 4) is 5.75 Å². The van der Waals surface area contributed by atoms with Crippen molar-refractivity contribution < 1.29 is 9.66 Å². The van der Waals surface area contributed by atoms with E-state index in [1.807, 2.05) is 26.0 Å². The third kappa shape index (κ3) is 3.54. The van der Waals surface area contributed by atoms with E-state index in [4.69, 9.17) is 4.74 Å². The van der Waals surface area contributed by atoms with Gasteiger partial charge in [0.2, 0.25) is 0 Å². The van der Waals surface area contributed by atoms with Gasteiger partial charge in [0.25, 0.3) is 0 Å². The molecule has 0 N–H and O–H groups in total. The van der Waals surface area contributed by atoms with Gasteiger partial charge in [-0.1, -0.05) is 6.07 Å². The molecular weight excluding hydrogens is 256 g/mol. The second-order valence-electron chi connectivity index (χ2n) is 4.76. The highest BCUT2D eigenvalue weighted by Gasteiger charge is 2.16. The lowest BCUT2D eigenvalue weighted by molar-refractivity contribution is -0.386. The van der Waals surface area contributed by atoms with Crippen molar-refractivity contribution in [2.24, 2.45) is 0 Å². The van der Waals surface area contributed by atoms with Crippen LogP contribution in [0, 0.1) is 10.1 Å². The first-order chi connectivity index (χ1) is 9.56. The monoisotopic (exact) mass is 272 g/mol. The summed E-state index contributed by atoms with van der Waals surface area (Å²) < 4.78 is 5.53. The lowest BCUT2D eigenvalue weighted by Gasteiger charge is -2.11. The summed E-state index contributed by atoms with van der Waals surface area (Å²) in [4.78, 5) is 14.5. The minimum atomic E-state index is -0.423. The Morgan fingerprint density at radius 3 is 2.50 bits per heavy atom. The van der Waals surface area contributed by atoms with Gasteiger partial charge in [-0.05, 0) is 49.6 Å². The highest BCUT2D eigenvalue weighted by molar-refractivity contribution is 5.49. The molecule has 5 heteroatoms. The SMILES string of the molecule is CC(C)Oc1cc(Cc2ccncc2)ccc1[N+](=O)[O-]. The first kappa shape index (κ1) is 14.0. The summed E-state index contributed by atoms with van der Waals surface area (Å²) in [7, 11) is 0. The number of pyridine rings is 1. The van der Waals surface area contributed by atoms with E-state index in [2.05, 4.69) is 4.98 Å². The average Bonchev–Trinajstić information content (AvgIpc) is 2.39. The number of nitro benzene ring substituents is 1. The third-order valence-corrected chi connectivity index (χ3v) is 2.74. The van der Waals surface area contributed by atoms with Crippen LogP contribution in [0.25, 0.3) is 0 Å². The van der Waals surface area contributed by atoms with Gasteiger partial charge in [-0.25, -0.2) is 0 Å². The molecule has 0 saturated carbocycles. The number of rotatable bonds is 5. The molecule has 1 aromatic carbocycles. The predicted octanol–water partition coefficient (Wildman–Crippen LogP) is 3.37. The van der Waals surface area contributed by atoms with E-state index < -0.39 is 4.92 Å². The van der Waals surface area contributed by atoms with Gasteiger partial charge >= 0.3 is 5.69 Å². The lowest BCUT2D eigenvalue weighted by Crippen LogP contribution is -2.08. The number of ether oxygens (including phenoxy) is 1. The van der Waals surface area contributed by atoms with Crippen LogP contribution in [-0.2, 0) is 6.42 Å². The molecule has 0 aliphatic carbocycles. The van der Waals surface area contributed by atoms with Crippen molar-refractivity contribution in [1.82, 2.24) is 4.98 Å². The maximum Gasteiger partial charge on any atom is 0.310 e. The molecule has 0 atom stereocenters. The quantitative estimate of drug-likeness (QED) is 0.618. The van der Waals surface area contributed by atoms with Crippen molar-refractivity contribution in [3.05, 3.63) is 64.0 Å². The smallest absolute Gasteiger partial charge is 0.310 e. The maximum absolute atomic E-state index is 11.0. The van der Waals surface area contributed by atoms with E-state index in [1.165, 1.54) is 6.07 Å². The Morgan fingerprint density at radius 2 is 1.90 bits per heavy atom. The molecule has 5 nitrogen and oxygen atoms in total. The van der Waals surface area contributed by atoms with Crippen molar-refractivity contribution in [3.63, 3.8) is 0 Å². The standard InChI is InChI=1S/C15H16N2O3/c1-11(2)20-15-10-13(3-4-14(15)17(18)19)9-12-5-7-16-8-6-12/h3-8,10-11H,9H2,1-2H3. The number of aromatic nitrogens is 1. The fourth-order valence-electron chi connectivity index (χ4n) is 1.90. The summed E-state index contributed by atoms with van der Waals surface area (Å²) in [6.45, 7) is 3.69. The third-order valence-electron chi connectivity index (χ3n) is 2.74. The van der Waals surface area contributed by atoms with Crippen LogP contribution in [0.15, 0.2) is 42.7 Å². The highest BCUT2D eigenvalue weighted by atomic mass is 16.6. The van der Waals surface area contributed by atoms with Gasteiger partial charge in [0.15, 0.2) is 5.75 Å². The van der Waals surface area contributed by atoms with Gasteiger partial charge in [-0.3, -0.25) is 15.1 Å². The lowest BCUT2D eigenvalue weighted by atomic mass is 10.1. The first-order valence-electron chi connectivity index (χ1n) is 6.39. The minimum Gasteiger partial charge on any atom is -0.484 e. The molecular formula is C15H16N2O3. The van der Waals surface area contributed by atoms with Gasteiger partial charge < -0.3 is 4.74 Å². The van der Waals surface area contributed by atoms with Crippen LogP contribution in [0.5, 0.6) is 5.75 Å². The fraction of sp³-hybridized carbons (Fsp3) is 0.267. The predicted molar refractivity (Wildman–Crippen MR) is 75.9 cm³/mol. The van der Waals surface area contributed by atoms with E-state index in [0.29, 0.717) is 12.2 Å². The van der Waals surface area contributed by atoms with Crippen LogP contribution < -0.4 is 4.74 Å². The molecule has 0 unspecified atom stereocenters. The van der Waals surface area contributed by atoms with Crippen LogP contribution in [0.4, 0.5) is 5.69 Å². The molecule has 2 aromatic rings. The maximum atomic E-state index is 11.0. The molecule has 104 valence electrons. The highest BCUT2D eigenvalue weighted by Crippen LogP contribution is 2.29. The van der Waals surface area contributed by atoms with Crippen molar-refractivity contribution >= 4 is 5.69 Å². The van der Waals surface area contributed by atoms with E-state index >= 15 is 0 Å². The number of benzene rings is 1.